The molecule has 7 heteroatoms. The second-order valence-electron chi connectivity index (χ2n) is 7.16. The number of carbonyl (C=O) groups excluding carboxylic acids is 1. The molecule has 152 valence electrons. The molecular weight excluding hydrogens is 398 g/mol. The number of aromatic nitrogens is 2. The van der Waals surface area contributed by atoms with Crippen LogP contribution in [0.5, 0.6) is 11.5 Å². The minimum atomic E-state index is -0.0158. The van der Waals surface area contributed by atoms with E-state index < -0.39 is 0 Å². The fourth-order valence-electron chi connectivity index (χ4n) is 3.63. The van der Waals surface area contributed by atoms with Crippen molar-refractivity contribution >= 4 is 33.3 Å². The molecule has 6 nitrogen and oxygen atoms in total. The van der Waals surface area contributed by atoms with E-state index in [4.69, 9.17) is 9.47 Å². The number of carbonyl (C=O) groups is 1. The van der Waals surface area contributed by atoms with Gasteiger partial charge in [0.15, 0.2) is 16.6 Å². The largest absolute Gasteiger partial charge is 0.486 e. The van der Waals surface area contributed by atoms with E-state index in [2.05, 4.69) is 27.4 Å². The highest BCUT2D eigenvalue weighted by molar-refractivity contribution is 7.14. The van der Waals surface area contributed by atoms with Gasteiger partial charge in [0, 0.05) is 34.5 Å². The molecule has 0 saturated heterocycles. The maximum atomic E-state index is 12.4. The van der Waals surface area contributed by atoms with Crippen LogP contribution in [0.1, 0.15) is 18.4 Å². The minimum Gasteiger partial charge on any atom is -0.486 e. The number of amides is 1. The molecule has 3 heterocycles. The molecule has 0 saturated carbocycles. The Kier molecular flexibility index (Phi) is 5.11. The highest BCUT2D eigenvalue weighted by atomic mass is 32.1. The van der Waals surface area contributed by atoms with E-state index in [1.54, 1.807) is 0 Å². The van der Waals surface area contributed by atoms with Gasteiger partial charge < -0.3 is 19.8 Å². The number of ether oxygens (including phenoxy) is 2. The number of nitrogens with zero attached hydrogens (tertiary/aromatic N) is 1. The highest BCUT2D eigenvalue weighted by Gasteiger charge is 2.14. The molecule has 1 aliphatic rings. The minimum absolute atomic E-state index is 0.0158. The maximum absolute atomic E-state index is 12.4. The van der Waals surface area contributed by atoms with Gasteiger partial charge in [0.05, 0.1) is 5.69 Å². The van der Waals surface area contributed by atoms with Crippen molar-refractivity contribution in [2.45, 2.75) is 19.3 Å². The standard InChI is InChI=1S/C23H21N3O3S/c27-22(7-3-4-16-13-24-18-6-2-1-5-17(16)18)26-23-25-19(14-30-23)15-8-9-20-21(12-15)29-11-10-28-20/h1-2,5-6,8-9,12-14,24H,3-4,7,10-11H2,(H,25,26,27). The normalized spacial score (nSPS) is 12.8. The Hall–Kier alpha value is -3.32. The van der Waals surface area contributed by atoms with E-state index in [9.17, 15) is 4.79 Å². The van der Waals surface area contributed by atoms with Crippen molar-refractivity contribution < 1.29 is 14.3 Å². The van der Waals surface area contributed by atoms with Crippen LogP contribution in [0.3, 0.4) is 0 Å². The van der Waals surface area contributed by atoms with Gasteiger partial charge in [-0.3, -0.25) is 4.79 Å². The maximum Gasteiger partial charge on any atom is 0.226 e. The van der Waals surface area contributed by atoms with Gasteiger partial charge in [-0.2, -0.15) is 0 Å². The zero-order chi connectivity index (χ0) is 20.3. The lowest BCUT2D eigenvalue weighted by Gasteiger charge is -2.18. The molecular formula is C23H21N3O3S. The molecule has 1 amide bonds. The Morgan fingerprint density at radius 1 is 1.13 bits per heavy atom. The second-order valence-corrected chi connectivity index (χ2v) is 8.02. The molecule has 2 N–H and O–H groups in total. The summed E-state index contributed by atoms with van der Waals surface area (Å²) in [7, 11) is 0. The number of anilines is 1. The van der Waals surface area contributed by atoms with Gasteiger partial charge >= 0.3 is 0 Å². The zero-order valence-corrected chi connectivity index (χ0v) is 17.1. The van der Waals surface area contributed by atoms with E-state index >= 15 is 0 Å². The lowest BCUT2D eigenvalue weighted by Crippen LogP contribution is -2.15. The molecule has 0 unspecified atom stereocenters. The quantitative estimate of drug-likeness (QED) is 0.460. The highest BCUT2D eigenvalue weighted by Crippen LogP contribution is 2.35. The molecule has 5 rings (SSSR count). The predicted molar refractivity (Wildman–Crippen MR) is 118 cm³/mol. The number of para-hydroxylation sites is 1. The smallest absolute Gasteiger partial charge is 0.226 e. The summed E-state index contributed by atoms with van der Waals surface area (Å²) in [5.41, 5.74) is 4.13. The van der Waals surface area contributed by atoms with Crippen LogP contribution in [0.25, 0.3) is 22.2 Å². The predicted octanol–water partition coefficient (Wildman–Crippen LogP) is 5.02. The number of H-pyrrole nitrogens is 1. The lowest BCUT2D eigenvalue weighted by atomic mass is 10.1. The summed E-state index contributed by atoms with van der Waals surface area (Å²) < 4.78 is 11.2. The molecule has 2 aromatic carbocycles. The first kappa shape index (κ1) is 18.7. The third-order valence-corrected chi connectivity index (χ3v) is 5.87. The SMILES string of the molecule is O=C(CCCc1c[nH]c2ccccc12)Nc1nc(-c2ccc3c(c2)OCCO3)cs1. The number of fused-ring (bicyclic) bond motifs is 2. The second kappa shape index (κ2) is 8.20. The number of hydrogen-bond acceptors (Lipinski definition) is 5. The number of hydrogen-bond donors (Lipinski definition) is 2. The Bertz CT molecular complexity index is 1200. The van der Waals surface area contributed by atoms with Crippen LogP contribution in [-0.4, -0.2) is 29.1 Å². The Balaban J connectivity index is 1.17. The topological polar surface area (TPSA) is 76.2 Å². The molecule has 0 fully saturated rings. The average molecular weight is 420 g/mol. The van der Waals surface area contributed by atoms with Crippen LogP contribution < -0.4 is 14.8 Å². The summed E-state index contributed by atoms with van der Waals surface area (Å²) in [5, 5.41) is 6.69. The van der Waals surface area contributed by atoms with Crippen LogP contribution in [0.4, 0.5) is 5.13 Å². The molecule has 0 bridgehead atoms. The molecule has 4 aromatic rings. The first-order valence-electron chi connectivity index (χ1n) is 9.97. The average Bonchev–Trinajstić information content (AvgIpc) is 3.41. The van der Waals surface area contributed by atoms with Crippen molar-refractivity contribution in [2.75, 3.05) is 18.5 Å². The van der Waals surface area contributed by atoms with Crippen molar-refractivity contribution in [2.24, 2.45) is 0 Å². The molecule has 0 radical (unpaired) electrons. The van der Waals surface area contributed by atoms with Gasteiger partial charge in [0.1, 0.15) is 13.2 Å². The lowest BCUT2D eigenvalue weighted by molar-refractivity contribution is -0.116. The molecule has 2 aromatic heterocycles. The Morgan fingerprint density at radius 2 is 2.00 bits per heavy atom. The molecule has 30 heavy (non-hydrogen) atoms. The number of thiazole rings is 1. The van der Waals surface area contributed by atoms with Crippen molar-refractivity contribution in [1.82, 2.24) is 9.97 Å². The monoisotopic (exact) mass is 419 g/mol. The third kappa shape index (κ3) is 3.89. The fourth-order valence-corrected chi connectivity index (χ4v) is 4.36. The van der Waals surface area contributed by atoms with Gasteiger partial charge in [-0.1, -0.05) is 18.2 Å². The van der Waals surface area contributed by atoms with Gasteiger partial charge in [-0.15, -0.1) is 11.3 Å². The van der Waals surface area contributed by atoms with Crippen molar-refractivity contribution in [1.29, 1.82) is 0 Å². The van der Waals surface area contributed by atoms with Crippen LogP contribution in [0.15, 0.2) is 54.0 Å². The van der Waals surface area contributed by atoms with Gasteiger partial charge in [0.25, 0.3) is 0 Å². The van der Waals surface area contributed by atoms with E-state index in [-0.39, 0.29) is 5.91 Å². The third-order valence-electron chi connectivity index (χ3n) is 5.11. The van der Waals surface area contributed by atoms with E-state index in [0.29, 0.717) is 24.8 Å². The van der Waals surface area contributed by atoms with Crippen LogP contribution in [0, 0.1) is 0 Å². The number of nitrogens with one attached hydrogen (secondary N) is 2. The van der Waals surface area contributed by atoms with Crippen molar-refractivity contribution in [3.63, 3.8) is 0 Å². The zero-order valence-electron chi connectivity index (χ0n) is 16.3. The number of aromatic amines is 1. The summed E-state index contributed by atoms with van der Waals surface area (Å²) in [6, 6.07) is 14.0. The van der Waals surface area contributed by atoms with Crippen LogP contribution in [0.2, 0.25) is 0 Å². The summed E-state index contributed by atoms with van der Waals surface area (Å²) in [5.74, 6) is 1.47. The summed E-state index contributed by atoms with van der Waals surface area (Å²) in [6.07, 6.45) is 4.13. The number of aryl methyl sites for hydroxylation is 1. The van der Waals surface area contributed by atoms with Crippen LogP contribution in [-0.2, 0) is 11.2 Å². The van der Waals surface area contributed by atoms with Gasteiger partial charge in [0.2, 0.25) is 5.91 Å². The molecule has 0 spiro atoms. The van der Waals surface area contributed by atoms with Gasteiger partial charge in [-0.25, -0.2) is 4.98 Å². The number of benzene rings is 2. The Labute approximate surface area is 177 Å². The molecule has 0 aliphatic carbocycles. The first-order valence-corrected chi connectivity index (χ1v) is 10.8. The van der Waals surface area contributed by atoms with Crippen molar-refractivity contribution in [3.05, 3.63) is 59.6 Å². The molecule has 0 atom stereocenters. The fraction of sp³-hybridized carbons (Fsp3) is 0.217. The first-order chi connectivity index (χ1) is 14.8. The number of rotatable bonds is 6. The Morgan fingerprint density at radius 3 is 2.93 bits per heavy atom. The molecule has 1 aliphatic heterocycles. The van der Waals surface area contributed by atoms with E-state index in [0.717, 1.165) is 41.1 Å². The summed E-state index contributed by atoms with van der Waals surface area (Å²) in [4.78, 5) is 20.2. The van der Waals surface area contributed by atoms with Crippen LogP contribution >= 0.6 is 11.3 Å². The van der Waals surface area contributed by atoms with E-state index in [1.165, 1.54) is 22.3 Å². The summed E-state index contributed by atoms with van der Waals surface area (Å²) in [6.45, 7) is 1.12. The van der Waals surface area contributed by atoms with Gasteiger partial charge in [-0.05, 0) is 42.7 Å². The van der Waals surface area contributed by atoms with Crippen molar-refractivity contribution in [3.8, 4) is 22.8 Å². The van der Waals surface area contributed by atoms with E-state index in [1.807, 2.05) is 41.9 Å². The summed E-state index contributed by atoms with van der Waals surface area (Å²) >= 11 is 1.42.